The highest BCUT2D eigenvalue weighted by molar-refractivity contribution is 7.66. The lowest BCUT2D eigenvalue weighted by molar-refractivity contribution is 0.631. The fraction of sp³-hybridized carbons (Fsp3) is 0.389. The minimum Gasteiger partial charge on any atom is -0.351 e. The molecule has 2 nitrogen and oxygen atoms in total. The standard InChI is InChI=1S/C16H18FN2P.C2H6/c1-12-4-5-14(13(17)10-12)19-15-11-18-7-6-16(15)20-8-2-3-9-20;1-2/h4-7,10-11,19H,2-3,8-9H2,1H3;1-2H3. The van der Waals surface area contributed by atoms with E-state index in [0.29, 0.717) is 5.69 Å². The average Bonchev–Trinajstić information content (AvgIpc) is 3.07. The van der Waals surface area contributed by atoms with Crippen molar-refractivity contribution >= 4 is 24.6 Å². The third-order valence-corrected chi connectivity index (χ3v) is 6.42. The Morgan fingerprint density at radius 3 is 2.50 bits per heavy atom. The van der Waals surface area contributed by atoms with E-state index in [1.165, 1.54) is 30.5 Å². The summed E-state index contributed by atoms with van der Waals surface area (Å²) in [5.74, 6) is -0.209. The lowest BCUT2D eigenvalue weighted by atomic mass is 10.2. The maximum Gasteiger partial charge on any atom is 0.146 e. The van der Waals surface area contributed by atoms with Gasteiger partial charge in [0.1, 0.15) is 5.82 Å². The molecule has 0 spiro atoms. The van der Waals surface area contributed by atoms with Gasteiger partial charge in [0.15, 0.2) is 0 Å². The fourth-order valence-electron chi connectivity index (χ4n) is 2.58. The van der Waals surface area contributed by atoms with Crippen molar-refractivity contribution in [3.05, 3.63) is 48.0 Å². The van der Waals surface area contributed by atoms with E-state index in [9.17, 15) is 4.39 Å². The monoisotopic (exact) mass is 318 g/mol. The number of aromatic nitrogens is 1. The van der Waals surface area contributed by atoms with Crippen LogP contribution in [0.25, 0.3) is 0 Å². The Bertz CT molecular complexity index is 610. The number of aryl methyl sites for hydroxylation is 1. The van der Waals surface area contributed by atoms with Crippen LogP contribution in [0, 0.1) is 12.7 Å². The van der Waals surface area contributed by atoms with Crippen molar-refractivity contribution in [2.45, 2.75) is 33.6 Å². The molecule has 0 amide bonds. The molecule has 1 saturated heterocycles. The molecule has 1 aromatic carbocycles. The molecule has 1 aliphatic rings. The molecule has 0 bridgehead atoms. The third kappa shape index (κ3) is 4.04. The van der Waals surface area contributed by atoms with Gasteiger partial charge in [-0.3, -0.25) is 4.98 Å². The van der Waals surface area contributed by atoms with Gasteiger partial charge in [0, 0.05) is 11.5 Å². The highest BCUT2D eigenvalue weighted by Gasteiger charge is 2.19. The van der Waals surface area contributed by atoms with Crippen LogP contribution in [0.4, 0.5) is 15.8 Å². The molecule has 0 radical (unpaired) electrons. The summed E-state index contributed by atoms with van der Waals surface area (Å²) in [6.07, 6.45) is 8.84. The SMILES string of the molecule is CC.Cc1ccc(Nc2cnccc2P2CCCC2)c(F)c1. The predicted octanol–water partition coefficient (Wildman–Crippen LogP) is 5.20. The van der Waals surface area contributed by atoms with Crippen LogP contribution in [-0.4, -0.2) is 17.3 Å². The van der Waals surface area contributed by atoms with Gasteiger partial charge in [0.05, 0.1) is 17.6 Å². The van der Waals surface area contributed by atoms with Crippen molar-refractivity contribution in [2.24, 2.45) is 0 Å². The molecule has 0 atom stereocenters. The highest BCUT2D eigenvalue weighted by atomic mass is 31.1. The summed E-state index contributed by atoms with van der Waals surface area (Å²) < 4.78 is 14.0. The maximum atomic E-state index is 14.0. The first-order chi connectivity index (χ1) is 10.7. The Morgan fingerprint density at radius 2 is 1.82 bits per heavy atom. The van der Waals surface area contributed by atoms with Gasteiger partial charge >= 0.3 is 0 Å². The van der Waals surface area contributed by atoms with Crippen LogP contribution >= 0.6 is 7.92 Å². The van der Waals surface area contributed by atoms with Gasteiger partial charge < -0.3 is 5.32 Å². The number of benzene rings is 1. The largest absolute Gasteiger partial charge is 0.351 e. The Labute approximate surface area is 133 Å². The second-order valence-electron chi connectivity index (χ2n) is 5.20. The van der Waals surface area contributed by atoms with Crippen molar-refractivity contribution in [3.63, 3.8) is 0 Å². The Kier molecular flexibility index (Phi) is 6.33. The highest BCUT2D eigenvalue weighted by Crippen LogP contribution is 2.44. The van der Waals surface area contributed by atoms with Crippen molar-refractivity contribution in [1.82, 2.24) is 4.98 Å². The third-order valence-electron chi connectivity index (χ3n) is 3.64. The zero-order chi connectivity index (χ0) is 15.9. The van der Waals surface area contributed by atoms with E-state index in [2.05, 4.69) is 16.4 Å². The van der Waals surface area contributed by atoms with E-state index in [1.807, 2.05) is 39.2 Å². The molecule has 118 valence electrons. The second kappa shape index (κ2) is 8.24. The minimum atomic E-state index is -0.209. The molecule has 1 fully saturated rings. The Hall–Kier alpha value is -1.47. The summed E-state index contributed by atoms with van der Waals surface area (Å²) in [7, 11) is -0.0980. The summed E-state index contributed by atoms with van der Waals surface area (Å²) >= 11 is 0. The van der Waals surface area contributed by atoms with E-state index in [4.69, 9.17) is 0 Å². The summed E-state index contributed by atoms with van der Waals surface area (Å²) in [5, 5.41) is 4.55. The fourth-order valence-corrected chi connectivity index (χ4v) is 5.23. The number of anilines is 2. The summed E-state index contributed by atoms with van der Waals surface area (Å²) in [5.41, 5.74) is 2.42. The first-order valence-corrected chi connectivity index (χ1v) is 9.67. The van der Waals surface area contributed by atoms with E-state index >= 15 is 0 Å². The van der Waals surface area contributed by atoms with Crippen LogP contribution in [0.1, 0.15) is 32.3 Å². The van der Waals surface area contributed by atoms with E-state index in [-0.39, 0.29) is 13.7 Å². The maximum absolute atomic E-state index is 14.0. The number of nitrogens with one attached hydrogen (secondary N) is 1. The predicted molar refractivity (Wildman–Crippen MR) is 95.5 cm³/mol. The topological polar surface area (TPSA) is 24.9 Å². The molecule has 1 aromatic heterocycles. The molecule has 3 rings (SSSR count). The van der Waals surface area contributed by atoms with Gasteiger partial charge in [0.25, 0.3) is 0 Å². The molecule has 4 heteroatoms. The summed E-state index contributed by atoms with van der Waals surface area (Å²) in [6, 6.07) is 7.36. The molecule has 0 saturated carbocycles. The van der Waals surface area contributed by atoms with Crippen molar-refractivity contribution in [2.75, 3.05) is 17.6 Å². The number of pyridine rings is 1. The van der Waals surface area contributed by atoms with Gasteiger partial charge in [0.2, 0.25) is 0 Å². The lowest BCUT2D eigenvalue weighted by Crippen LogP contribution is -2.10. The van der Waals surface area contributed by atoms with Crippen molar-refractivity contribution < 1.29 is 4.39 Å². The van der Waals surface area contributed by atoms with Gasteiger partial charge in [-0.05, 0) is 55.9 Å². The Morgan fingerprint density at radius 1 is 1.09 bits per heavy atom. The van der Waals surface area contributed by atoms with Crippen LogP contribution in [0.2, 0.25) is 0 Å². The Balaban J connectivity index is 0.000000847. The molecular weight excluding hydrogens is 294 g/mol. The lowest BCUT2D eigenvalue weighted by Gasteiger charge is -2.17. The quantitative estimate of drug-likeness (QED) is 0.787. The molecule has 2 heterocycles. The normalized spacial score (nSPS) is 14.4. The van der Waals surface area contributed by atoms with Crippen LogP contribution < -0.4 is 10.6 Å². The van der Waals surface area contributed by atoms with Crippen LogP contribution in [0.15, 0.2) is 36.7 Å². The van der Waals surface area contributed by atoms with Gasteiger partial charge in [-0.15, -0.1) is 0 Å². The molecule has 1 aliphatic heterocycles. The number of halogens is 1. The average molecular weight is 318 g/mol. The van der Waals surface area contributed by atoms with Crippen LogP contribution in [0.5, 0.6) is 0 Å². The number of nitrogens with zero attached hydrogens (tertiary/aromatic N) is 1. The molecule has 2 aromatic rings. The zero-order valence-electron chi connectivity index (χ0n) is 13.6. The molecule has 1 N–H and O–H groups in total. The number of rotatable bonds is 3. The van der Waals surface area contributed by atoms with Gasteiger partial charge in [-0.1, -0.05) is 27.8 Å². The molecular formula is C18H24FN2P. The van der Waals surface area contributed by atoms with Gasteiger partial charge in [-0.25, -0.2) is 4.39 Å². The van der Waals surface area contributed by atoms with Crippen molar-refractivity contribution in [1.29, 1.82) is 0 Å². The van der Waals surface area contributed by atoms with E-state index in [1.54, 1.807) is 12.1 Å². The van der Waals surface area contributed by atoms with Gasteiger partial charge in [-0.2, -0.15) is 0 Å². The molecule has 0 aliphatic carbocycles. The summed E-state index contributed by atoms with van der Waals surface area (Å²) in [4.78, 5) is 4.19. The molecule has 22 heavy (non-hydrogen) atoms. The van der Waals surface area contributed by atoms with Crippen LogP contribution in [-0.2, 0) is 0 Å². The molecule has 0 unspecified atom stereocenters. The van der Waals surface area contributed by atoms with Crippen LogP contribution in [0.3, 0.4) is 0 Å². The first kappa shape index (κ1) is 16.9. The van der Waals surface area contributed by atoms with Crippen molar-refractivity contribution in [3.8, 4) is 0 Å². The van der Waals surface area contributed by atoms with E-state index in [0.717, 1.165) is 11.3 Å². The smallest absolute Gasteiger partial charge is 0.146 e. The number of hydrogen-bond acceptors (Lipinski definition) is 2. The first-order valence-electron chi connectivity index (χ1n) is 7.96. The zero-order valence-corrected chi connectivity index (χ0v) is 14.5. The van der Waals surface area contributed by atoms with E-state index < -0.39 is 0 Å². The minimum absolute atomic E-state index is 0.0980. The number of hydrogen-bond donors (Lipinski definition) is 1. The summed E-state index contributed by atoms with van der Waals surface area (Å²) in [6.45, 7) is 5.89. The second-order valence-corrected chi connectivity index (χ2v) is 7.65.